The van der Waals surface area contributed by atoms with E-state index in [1.54, 1.807) is 32.0 Å². The van der Waals surface area contributed by atoms with Gasteiger partial charge in [0.1, 0.15) is 24.2 Å². The maximum Gasteiger partial charge on any atom is 0.244 e. The number of sulfonamides is 1. The maximum atomic E-state index is 13.7. The Balaban J connectivity index is 2.46. The Morgan fingerprint density at radius 1 is 1.11 bits per heavy atom. The summed E-state index contributed by atoms with van der Waals surface area (Å²) in [7, 11) is -2.47. The molecule has 0 aliphatic carbocycles. The number of methoxy groups -OCH3 is 1. The van der Waals surface area contributed by atoms with Crippen molar-refractivity contribution >= 4 is 27.5 Å². The number of benzene rings is 2. The largest absolute Gasteiger partial charge is 0.495 e. The van der Waals surface area contributed by atoms with Crippen LogP contribution < -0.4 is 14.4 Å². The molecule has 10 heteroatoms. The molecule has 0 aliphatic heterocycles. The number of amides is 2. The minimum Gasteiger partial charge on any atom is -0.495 e. The van der Waals surface area contributed by atoms with Crippen molar-refractivity contribution in [2.45, 2.75) is 52.6 Å². The van der Waals surface area contributed by atoms with Crippen molar-refractivity contribution in [2.75, 3.05) is 30.8 Å². The summed E-state index contributed by atoms with van der Waals surface area (Å²) in [5.41, 5.74) is 1.64. The highest BCUT2D eigenvalue weighted by Crippen LogP contribution is 2.31. The van der Waals surface area contributed by atoms with Gasteiger partial charge in [0.25, 0.3) is 0 Å². The zero-order chi connectivity index (χ0) is 26.9. The zero-order valence-corrected chi connectivity index (χ0v) is 22.4. The lowest BCUT2D eigenvalue weighted by atomic mass is 10.1. The molecular formula is C26H36FN3O5S. The lowest BCUT2D eigenvalue weighted by molar-refractivity contribution is -0.140. The smallest absolute Gasteiger partial charge is 0.244 e. The van der Waals surface area contributed by atoms with Crippen LogP contribution in [0.3, 0.4) is 0 Å². The summed E-state index contributed by atoms with van der Waals surface area (Å²) in [5, 5.41) is 2.86. The number of carbonyl (C=O) groups excluding carboxylic acids is 2. The number of halogens is 1. The molecule has 0 unspecified atom stereocenters. The number of rotatable bonds is 13. The molecule has 2 aromatic carbocycles. The van der Waals surface area contributed by atoms with Crippen molar-refractivity contribution in [3.05, 3.63) is 59.4 Å². The van der Waals surface area contributed by atoms with Gasteiger partial charge in [-0.3, -0.25) is 13.9 Å². The molecule has 8 nitrogen and oxygen atoms in total. The van der Waals surface area contributed by atoms with Crippen LogP contribution in [0.4, 0.5) is 10.1 Å². The number of unbranched alkanes of at least 4 members (excludes halogenated alkanes) is 1. The molecule has 0 aromatic heterocycles. The van der Waals surface area contributed by atoms with Gasteiger partial charge in [0.05, 0.1) is 19.1 Å². The van der Waals surface area contributed by atoms with E-state index in [0.717, 1.165) is 29.0 Å². The van der Waals surface area contributed by atoms with Gasteiger partial charge in [0.2, 0.25) is 21.8 Å². The van der Waals surface area contributed by atoms with Gasteiger partial charge in [0.15, 0.2) is 0 Å². The van der Waals surface area contributed by atoms with Crippen molar-refractivity contribution in [1.29, 1.82) is 0 Å². The molecule has 2 rings (SSSR count). The molecule has 1 atom stereocenters. The molecule has 0 saturated carbocycles. The summed E-state index contributed by atoms with van der Waals surface area (Å²) in [6.07, 6.45) is 3.03. The molecule has 0 heterocycles. The van der Waals surface area contributed by atoms with Crippen LogP contribution in [-0.4, -0.2) is 57.6 Å². The van der Waals surface area contributed by atoms with Crippen molar-refractivity contribution in [3.63, 3.8) is 0 Å². The monoisotopic (exact) mass is 521 g/mol. The quantitative estimate of drug-likeness (QED) is 0.406. The standard InChI is InChI=1S/C26H36FN3O5S/c1-6-8-15-28-26(32)22(7-2)29(17-20-10-12-21(27)13-11-20)25(31)18-30(36(5,33)34)23-16-19(3)9-14-24(23)35-4/h9-14,16,22H,6-8,15,17-18H2,1-5H3,(H,28,32)/t22-/m0/s1. The highest BCUT2D eigenvalue weighted by atomic mass is 32.2. The van der Waals surface area contributed by atoms with E-state index in [-0.39, 0.29) is 18.1 Å². The van der Waals surface area contributed by atoms with Crippen LogP contribution in [-0.2, 0) is 26.2 Å². The Kier molecular flexibility index (Phi) is 10.7. The number of ether oxygens (including phenoxy) is 1. The Morgan fingerprint density at radius 2 is 1.78 bits per heavy atom. The molecule has 0 saturated heterocycles. The number of nitrogens with one attached hydrogen (secondary N) is 1. The molecule has 0 bridgehead atoms. The lowest BCUT2D eigenvalue weighted by Crippen LogP contribution is -2.52. The molecule has 0 spiro atoms. The van der Waals surface area contributed by atoms with E-state index in [1.165, 1.54) is 36.3 Å². The average molecular weight is 522 g/mol. The Morgan fingerprint density at radius 3 is 2.33 bits per heavy atom. The van der Waals surface area contributed by atoms with E-state index >= 15 is 0 Å². The average Bonchev–Trinajstić information content (AvgIpc) is 2.83. The van der Waals surface area contributed by atoms with Gasteiger partial charge in [-0.1, -0.05) is 38.5 Å². The molecule has 1 N–H and O–H groups in total. The van der Waals surface area contributed by atoms with Crippen LogP contribution in [0.5, 0.6) is 5.75 Å². The Hall–Kier alpha value is -3.14. The third-order valence-electron chi connectivity index (χ3n) is 5.76. The second kappa shape index (κ2) is 13.2. The van der Waals surface area contributed by atoms with Crippen LogP contribution in [0.2, 0.25) is 0 Å². The predicted octanol–water partition coefficient (Wildman–Crippen LogP) is 3.63. The van der Waals surface area contributed by atoms with Gasteiger partial charge in [0, 0.05) is 13.1 Å². The van der Waals surface area contributed by atoms with Gasteiger partial charge < -0.3 is 15.0 Å². The minimum absolute atomic E-state index is 0.0153. The third kappa shape index (κ3) is 7.94. The topological polar surface area (TPSA) is 96.0 Å². The van der Waals surface area contributed by atoms with Gasteiger partial charge in [-0.25, -0.2) is 12.8 Å². The first-order valence-corrected chi connectivity index (χ1v) is 13.8. The number of hydrogen-bond acceptors (Lipinski definition) is 5. The molecule has 0 fully saturated rings. The number of anilines is 1. The van der Waals surface area contributed by atoms with Gasteiger partial charge >= 0.3 is 0 Å². The SMILES string of the molecule is CCCCNC(=O)[C@H](CC)N(Cc1ccc(F)cc1)C(=O)CN(c1cc(C)ccc1OC)S(C)(=O)=O. The van der Waals surface area contributed by atoms with Crippen LogP contribution >= 0.6 is 0 Å². The third-order valence-corrected chi connectivity index (χ3v) is 6.89. The normalized spacial score (nSPS) is 12.1. The highest BCUT2D eigenvalue weighted by Gasteiger charge is 2.32. The maximum absolute atomic E-state index is 13.7. The van der Waals surface area contributed by atoms with Gasteiger partial charge in [-0.2, -0.15) is 0 Å². The van der Waals surface area contributed by atoms with Crippen LogP contribution in [0.25, 0.3) is 0 Å². The fourth-order valence-corrected chi connectivity index (χ4v) is 4.65. The summed E-state index contributed by atoms with van der Waals surface area (Å²) in [6, 6.07) is 9.84. The first kappa shape index (κ1) is 29.1. The predicted molar refractivity (Wildman–Crippen MR) is 139 cm³/mol. The second-order valence-corrected chi connectivity index (χ2v) is 10.6. The van der Waals surface area contributed by atoms with E-state index in [4.69, 9.17) is 4.74 Å². The molecule has 36 heavy (non-hydrogen) atoms. The molecule has 0 aliphatic rings. The summed E-state index contributed by atoms with van der Waals surface area (Å²) in [4.78, 5) is 28.1. The molecule has 2 amide bonds. The van der Waals surface area contributed by atoms with Gasteiger partial charge in [-0.15, -0.1) is 0 Å². The summed E-state index contributed by atoms with van der Waals surface area (Å²) >= 11 is 0. The Bertz CT molecular complexity index is 1140. The van der Waals surface area contributed by atoms with Crippen LogP contribution in [0, 0.1) is 12.7 Å². The van der Waals surface area contributed by atoms with Crippen molar-refractivity contribution in [3.8, 4) is 5.75 Å². The van der Waals surface area contributed by atoms with E-state index in [2.05, 4.69) is 5.32 Å². The van der Waals surface area contributed by atoms with Crippen molar-refractivity contribution in [1.82, 2.24) is 10.2 Å². The van der Waals surface area contributed by atoms with E-state index in [1.807, 2.05) is 6.92 Å². The van der Waals surface area contributed by atoms with Gasteiger partial charge in [-0.05, 0) is 55.2 Å². The second-order valence-electron chi connectivity index (χ2n) is 8.66. The van der Waals surface area contributed by atoms with E-state index in [9.17, 15) is 22.4 Å². The van der Waals surface area contributed by atoms with Crippen molar-refractivity contribution < 1.29 is 27.1 Å². The number of nitrogens with zero attached hydrogens (tertiary/aromatic N) is 2. The molecule has 0 radical (unpaired) electrons. The van der Waals surface area contributed by atoms with E-state index < -0.39 is 34.3 Å². The molecular weight excluding hydrogens is 485 g/mol. The van der Waals surface area contributed by atoms with Crippen LogP contribution in [0.15, 0.2) is 42.5 Å². The summed E-state index contributed by atoms with van der Waals surface area (Å²) < 4.78 is 45.4. The number of aryl methyl sites for hydroxylation is 1. The fourth-order valence-electron chi connectivity index (χ4n) is 3.80. The number of hydrogen-bond donors (Lipinski definition) is 1. The van der Waals surface area contributed by atoms with E-state index in [0.29, 0.717) is 24.3 Å². The first-order valence-electron chi connectivity index (χ1n) is 12.0. The summed E-state index contributed by atoms with van der Waals surface area (Å²) in [5.74, 6) is -1.00. The fraction of sp³-hybridized carbons (Fsp3) is 0.462. The molecule has 2 aromatic rings. The minimum atomic E-state index is -3.89. The summed E-state index contributed by atoms with van der Waals surface area (Å²) in [6.45, 7) is 5.56. The number of carbonyl (C=O) groups is 2. The lowest BCUT2D eigenvalue weighted by Gasteiger charge is -2.33. The van der Waals surface area contributed by atoms with Crippen molar-refractivity contribution in [2.24, 2.45) is 0 Å². The molecule has 198 valence electrons. The highest BCUT2D eigenvalue weighted by molar-refractivity contribution is 7.92. The Labute approximate surface area is 213 Å². The zero-order valence-electron chi connectivity index (χ0n) is 21.6. The first-order chi connectivity index (χ1) is 17.0. The van der Waals surface area contributed by atoms with Crippen LogP contribution in [0.1, 0.15) is 44.2 Å².